The Bertz CT molecular complexity index is 1040. The number of nitrogens with one attached hydrogen (secondary N) is 2. The van der Waals surface area contributed by atoms with Gasteiger partial charge in [-0.05, 0) is 63.5 Å². The first-order valence-corrected chi connectivity index (χ1v) is 9.42. The number of ether oxygens (including phenoxy) is 1. The Kier molecular flexibility index (Phi) is 6.16. The van der Waals surface area contributed by atoms with Crippen LogP contribution in [-0.2, 0) is 4.79 Å². The van der Waals surface area contributed by atoms with Crippen molar-refractivity contribution in [3.05, 3.63) is 64.6 Å². The van der Waals surface area contributed by atoms with Crippen molar-refractivity contribution in [3.8, 4) is 11.5 Å². The van der Waals surface area contributed by atoms with E-state index in [1.54, 1.807) is 19.1 Å². The molecule has 7 heteroatoms. The van der Waals surface area contributed by atoms with E-state index in [-0.39, 0.29) is 11.7 Å². The third kappa shape index (κ3) is 4.61. The number of carbonyl (C=O) groups excluding carboxylic acids is 1. The number of nitrogens with zero attached hydrogens (tertiary/aromatic N) is 1. The fourth-order valence-corrected chi connectivity index (χ4v) is 3.15. The Morgan fingerprint density at radius 1 is 1.18 bits per heavy atom. The summed E-state index contributed by atoms with van der Waals surface area (Å²) in [5, 5.41) is 19.2. The van der Waals surface area contributed by atoms with E-state index in [0.29, 0.717) is 15.8 Å². The summed E-state index contributed by atoms with van der Waals surface area (Å²) in [6, 6.07) is 16.8. The average molecular weight is 442 g/mol. The number of benzene rings is 3. The van der Waals surface area contributed by atoms with Crippen LogP contribution in [0.25, 0.3) is 10.8 Å². The molecule has 3 aromatic carbocycles. The maximum Gasteiger partial charge on any atom is 0.262 e. The van der Waals surface area contributed by atoms with Gasteiger partial charge in [-0.25, -0.2) is 5.43 Å². The van der Waals surface area contributed by atoms with Crippen molar-refractivity contribution < 1.29 is 14.6 Å². The topological polar surface area (TPSA) is 83.0 Å². The van der Waals surface area contributed by atoms with Gasteiger partial charge in [0.2, 0.25) is 0 Å². The van der Waals surface area contributed by atoms with Crippen molar-refractivity contribution in [3.63, 3.8) is 0 Å². The van der Waals surface area contributed by atoms with Gasteiger partial charge in [0.15, 0.2) is 11.5 Å². The lowest BCUT2D eigenvalue weighted by Gasteiger charge is -2.14. The van der Waals surface area contributed by atoms with E-state index >= 15 is 0 Å². The molecule has 0 aliphatic carbocycles. The summed E-state index contributed by atoms with van der Waals surface area (Å²) in [6.07, 6.45) is 1.48. The molecule has 28 heavy (non-hydrogen) atoms. The summed E-state index contributed by atoms with van der Waals surface area (Å²) in [7, 11) is 1.46. The van der Waals surface area contributed by atoms with Gasteiger partial charge in [0.1, 0.15) is 6.04 Å². The van der Waals surface area contributed by atoms with Crippen molar-refractivity contribution >= 4 is 44.5 Å². The van der Waals surface area contributed by atoms with Crippen LogP contribution in [0, 0.1) is 0 Å². The molecule has 6 nitrogen and oxygen atoms in total. The lowest BCUT2D eigenvalue weighted by Crippen LogP contribution is -2.34. The second-order valence-corrected chi connectivity index (χ2v) is 7.07. The van der Waals surface area contributed by atoms with E-state index in [4.69, 9.17) is 4.74 Å². The minimum Gasteiger partial charge on any atom is -0.503 e. The fraction of sp³-hybridized carbons (Fsp3) is 0.143. The zero-order valence-electron chi connectivity index (χ0n) is 15.4. The van der Waals surface area contributed by atoms with Gasteiger partial charge in [0.25, 0.3) is 5.91 Å². The van der Waals surface area contributed by atoms with Crippen molar-refractivity contribution in [2.45, 2.75) is 13.0 Å². The lowest BCUT2D eigenvalue weighted by atomic mass is 10.1. The molecule has 3 aromatic rings. The van der Waals surface area contributed by atoms with Crippen LogP contribution in [-0.4, -0.2) is 30.4 Å². The Balaban J connectivity index is 1.62. The largest absolute Gasteiger partial charge is 0.503 e. The van der Waals surface area contributed by atoms with Crippen molar-refractivity contribution in [2.24, 2.45) is 5.10 Å². The Morgan fingerprint density at radius 2 is 1.93 bits per heavy atom. The predicted octanol–water partition coefficient (Wildman–Crippen LogP) is 4.27. The number of phenolic OH excluding ortho intramolecular Hbond substituents is 1. The molecule has 0 aliphatic rings. The zero-order valence-corrected chi connectivity index (χ0v) is 17.0. The summed E-state index contributed by atoms with van der Waals surface area (Å²) in [5.41, 5.74) is 4.03. The van der Waals surface area contributed by atoms with E-state index in [1.165, 1.54) is 13.3 Å². The summed E-state index contributed by atoms with van der Waals surface area (Å²) in [6.45, 7) is 1.76. The van der Waals surface area contributed by atoms with Crippen molar-refractivity contribution in [1.29, 1.82) is 0 Å². The molecular weight excluding hydrogens is 422 g/mol. The molecule has 0 heterocycles. The quantitative estimate of drug-likeness (QED) is 0.394. The standard InChI is InChI=1S/C21H20BrN3O3/c1-13(24-17-8-7-15-5-3-4-6-16(15)11-17)21(27)25-23-12-14-9-18(22)20(26)19(10-14)28-2/h3-13,24,26H,1-2H3,(H,25,27)/b23-12-/t13-/m1/s1. The SMILES string of the molecule is COc1cc(/C=N\NC(=O)[C@@H](C)Nc2ccc3ccccc3c2)cc(Br)c1O. The van der Waals surface area contributed by atoms with Crippen molar-refractivity contribution in [1.82, 2.24) is 5.43 Å². The van der Waals surface area contributed by atoms with E-state index < -0.39 is 6.04 Å². The highest BCUT2D eigenvalue weighted by molar-refractivity contribution is 9.10. The molecule has 0 unspecified atom stereocenters. The van der Waals surface area contributed by atoms with Gasteiger partial charge in [-0.15, -0.1) is 0 Å². The molecule has 0 aliphatic heterocycles. The maximum absolute atomic E-state index is 12.3. The van der Waals surface area contributed by atoms with E-state index in [9.17, 15) is 9.90 Å². The average Bonchev–Trinajstić information content (AvgIpc) is 2.70. The molecule has 0 bridgehead atoms. The highest BCUT2D eigenvalue weighted by Gasteiger charge is 2.12. The normalized spacial score (nSPS) is 12.1. The van der Waals surface area contributed by atoms with E-state index in [2.05, 4.69) is 31.8 Å². The highest BCUT2D eigenvalue weighted by Crippen LogP contribution is 2.34. The first-order valence-electron chi connectivity index (χ1n) is 8.62. The molecular formula is C21H20BrN3O3. The smallest absolute Gasteiger partial charge is 0.262 e. The molecule has 0 aromatic heterocycles. The predicted molar refractivity (Wildman–Crippen MR) is 115 cm³/mol. The Hall–Kier alpha value is -3.06. The monoisotopic (exact) mass is 441 g/mol. The summed E-state index contributed by atoms with van der Waals surface area (Å²) in [4.78, 5) is 12.3. The summed E-state index contributed by atoms with van der Waals surface area (Å²) < 4.78 is 5.57. The molecule has 0 spiro atoms. The molecule has 3 rings (SSSR count). The number of carbonyl (C=O) groups is 1. The first kappa shape index (κ1) is 19.7. The van der Waals surface area contributed by atoms with Gasteiger partial charge in [0.05, 0.1) is 17.8 Å². The number of hydrogen-bond acceptors (Lipinski definition) is 5. The Labute approximate surface area is 171 Å². The number of amides is 1. The third-order valence-corrected chi connectivity index (χ3v) is 4.79. The number of hydrazone groups is 1. The molecule has 0 saturated carbocycles. The third-order valence-electron chi connectivity index (χ3n) is 4.18. The van der Waals surface area contributed by atoms with Crippen LogP contribution in [0.1, 0.15) is 12.5 Å². The number of aromatic hydroxyl groups is 1. The van der Waals surface area contributed by atoms with Crippen LogP contribution in [0.5, 0.6) is 11.5 Å². The van der Waals surface area contributed by atoms with Crippen LogP contribution < -0.4 is 15.5 Å². The van der Waals surface area contributed by atoms with Gasteiger partial charge in [0, 0.05) is 5.69 Å². The number of anilines is 1. The van der Waals surface area contributed by atoms with Gasteiger partial charge in [-0.1, -0.05) is 30.3 Å². The molecule has 1 atom stereocenters. The number of hydrogen-bond donors (Lipinski definition) is 3. The first-order chi connectivity index (χ1) is 13.5. The molecule has 0 radical (unpaired) electrons. The van der Waals surface area contributed by atoms with Gasteiger partial charge in [-0.3, -0.25) is 4.79 Å². The number of fused-ring (bicyclic) bond motifs is 1. The van der Waals surface area contributed by atoms with Gasteiger partial charge < -0.3 is 15.2 Å². The second kappa shape index (κ2) is 8.75. The van der Waals surface area contributed by atoms with Crippen LogP contribution in [0.4, 0.5) is 5.69 Å². The highest BCUT2D eigenvalue weighted by atomic mass is 79.9. The number of rotatable bonds is 6. The minimum atomic E-state index is -0.473. The van der Waals surface area contributed by atoms with Crippen LogP contribution in [0.15, 0.2) is 64.2 Å². The fourth-order valence-electron chi connectivity index (χ4n) is 2.69. The van der Waals surface area contributed by atoms with Crippen LogP contribution in [0.3, 0.4) is 0 Å². The molecule has 3 N–H and O–H groups in total. The van der Waals surface area contributed by atoms with E-state index in [0.717, 1.165) is 16.5 Å². The zero-order chi connectivity index (χ0) is 20.1. The van der Waals surface area contributed by atoms with Crippen LogP contribution >= 0.6 is 15.9 Å². The summed E-state index contributed by atoms with van der Waals surface area (Å²) in [5.74, 6) is 0.0552. The minimum absolute atomic E-state index is 0.0110. The van der Waals surface area contributed by atoms with Gasteiger partial charge in [-0.2, -0.15) is 5.10 Å². The summed E-state index contributed by atoms with van der Waals surface area (Å²) >= 11 is 3.25. The van der Waals surface area contributed by atoms with Crippen LogP contribution in [0.2, 0.25) is 0 Å². The number of methoxy groups -OCH3 is 1. The number of halogens is 1. The molecule has 0 saturated heterocycles. The van der Waals surface area contributed by atoms with E-state index in [1.807, 2.05) is 42.5 Å². The molecule has 0 fully saturated rings. The Morgan fingerprint density at radius 3 is 2.68 bits per heavy atom. The lowest BCUT2D eigenvalue weighted by molar-refractivity contribution is -0.121. The second-order valence-electron chi connectivity index (χ2n) is 6.22. The number of phenols is 1. The van der Waals surface area contributed by atoms with Gasteiger partial charge >= 0.3 is 0 Å². The molecule has 144 valence electrons. The maximum atomic E-state index is 12.3. The molecule has 1 amide bonds. The van der Waals surface area contributed by atoms with Crippen molar-refractivity contribution in [2.75, 3.05) is 12.4 Å².